The number of hydrogen-bond donors (Lipinski definition) is 2. The van der Waals surface area contributed by atoms with Gasteiger partial charge >= 0.3 is 5.69 Å². The standard InChI is InChI=1S/C19H18N8O3/c1-10-7-14(23-16-12(10)5-4-6-13(16)30-3)26-15(8-11(2)25-26)24-19-17(27(28)29)18(20)21-9-22-19/h4-9H,1-3H3,(H3,20,21,22,24). The second-order valence-corrected chi connectivity index (χ2v) is 6.57. The van der Waals surface area contributed by atoms with Crippen LogP contribution in [0.3, 0.4) is 0 Å². The maximum Gasteiger partial charge on any atom is 0.353 e. The lowest BCUT2D eigenvalue weighted by Crippen LogP contribution is -2.09. The van der Waals surface area contributed by atoms with Gasteiger partial charge in [-0.25, -0.2) is 15.0 Å². The lowest BCUT2D eigenvalue weighted by molar-refractivity contribution is -0.383. The monoisotopic (exact) mass is 406 g/mol. The Balaban J connectivity index is 1.86. The third-order valence-corrected chi connectivity index (χ3v) is 4.54. The van der Waals surface area contributed by atoms with Crippen LogP contribution < -0.4 is 15.8 Å². The van der Waals surface area contributed by atoms with Crippen LogP contribution in [0.2, 0.25) is 0 Å². The molecular formula is C19H18N8O3. The summed E-state index contributed by atoms with van der Waals surface area (Å²) in [6.45, 7) is 3.77. The summed E-state index contributed by atoms with van der Waals surface area (Å²) >= 11 is 0. The number of aromatic nitrogens is 5. The number of nitro groups is 1. The Hall–Kier alpha value is -4.28. The molecule has 0 bridgehead atoms. The normalized spacial score (nSPS) is 10.9. The molecular weight excluding hydrogens is 388 g/mol. The molecule has 0 amide bonds. The molecule has 0 saturated carbocycles. The smallest absolute Gasteiger partial charge is 0.353 e. The van der Waals surface area contributed by atoms with Gasteiger partial charge in [-0.2, -0.15) is 9.78 Å². The first-order valence-electron chi connectivity index (χ1n) is 8.92. The molecule has 0 aliphatic rings. The summed E-state index contributed by atoms with van der Waals surface area (Å²) in [7, 11) is 1.59. The highest BCUT2D eigenvalue weighted by Crippen LogP contribution is 2.32. The van der Waals surface area contributed by atoms with Crippen LogP contribution in [0.4, 0.5) is 23.1 Å². The van der Waals surface area contributed by atoms with E-state index in [1.807, 2.05) is 31.2 Å². The number of nitrogen functional groups attached to an aromatic ring is 1. The first-order valence-corrected chi connectivity index (χ1v) is 8.92. The summed E-state index contributed by atoms with van der Waals surface area (Å²) in [6, 6.07) is 9.30. The predicted octanol–water partition coefficient (Wildman–Crippen LogP) is 3.07. The number of nitrogens with two attached hydrogens (primary N) is 1. The Morgan fingerprint density at radius 1 is 1.23 bits per heavy atom. The van der Waals surface area contributed by atoms with Crippen molar-refractivity contribution in [3.05, 3.63) is 58.0 Å². The molecule has 3 N–H and O–H groups in total. The molecule has 4 aromatic rings. The highest BCUT2D eigenvalue weighted by molar-refractivity contribution is 5.88. The molecule has 0 atom stereocenters. The van der Waals surface area contributed by atoms with Gasteiger partial charge in [0.2, 0.25) is 11.6 Å². The van der Waals surface area contributed by atoms with Gasteiger partial charge in [0.25, 0.3) is 0 Å². The van der Waals surface area contributed by atoms with Crippen LogP contribution >= 0.6 is 0 Å². The zero-order chi connectivity index (χ0) is 21.4. The topological polar surface area (TPSA) is 147 Å². The summed E-state index contributed by atoms with van der Waals surface area (Å²) in [5.74, 6) is 1.32. The molecule has 0 saturated heterocycles. The van der Waals surface area contributed by atoms with Crippen LogP contribution in [-0.2, 0) is 0 Å². The van der Waals surface area contributed by atoms with E-state index < -0.39 is 10.6 Å². The Morgan fingerprint density at radius 2 is 2.03 bits per heavy atom. The van der Waals surface area contributed by atoms with Gasteiger partial charge in [-0.1, -0.05) is 12.1 Å². The van der Waals surface area contributed by atoms with Crippen LogP contribution in [0.25, 0.3) is 16.7 Å². The quantitative estimate of drug-likeness (QED) is 0.377. The van der Waals surface area contributed by atoms with Crippen molar-refractivity contribution in [3.63, 3.8) is 0 Å². The molecule has 0 spiro atoms. The molecule has 152 valence electrons. The third kappa shape index (κ3) is 3.21. The molecule has 0 unspecified atom stereocenters. The zero-order valence-electron chi connectivity index (χ0n) is 16.4. The number of aryl methyl sites for hydroxylation is 2. The average molecular weight is 406 g/mol. The van der Waals surface area contributed by atoms with Crippen molar-refractivity contribution in [1.29, 1.82) is 0 Å². The molecule has 0 aliphatic carbocycles. The fourth-order valence-corrected chi connectivity index (χ4v) is 3.20. The minimum absolute atomic E-state index is 0.0382. The van der Waals surface area contributed by atoms with E-state index >= 15 is 0 Å². The number of nitrogens with one attached hydrogen (secondary N) is 1. The maximum atomic E-state index is 11.4. The van der Waals surface area contributed by atoms with Crippen LogP contribution in [0, 0.1) is 24.0 Å². The minimum Gasteiger partial charge on any atom is -0.494 e. The molecule has 4 rings (SSSR count). The number of nitrogens with zero attached hydrogens (tertiary/aromatic N) is 6. The van der Waals surface area contributed by atoms with Crippen molar-refractivity contribution < 1.29 is 9.66 Å². The van der Waals surface area contributed by atoms with Crippen molar-refractivity contribution in [2.24, 2.45) is 0 Å². The number of anilines is 3. The molecule has 3 heterocycles. The average Bonchev–Trinajstić information content (AvgIpc) is 3.07. The molecule has 3 aromatic heterocycles. The Labute approximate surface area is 170 Å². The number of benzene rings is 1. The van der Waals surface area contributed by atoms with Gasteiger partial charge in [-0.15, -0.1) is 0 Å². The molecule has 0 fully saturated rings. The van der Waals surface area contributed by atoms with Gasteiger partial charge in [-0.05, 0) is 31.5 Å². The summed E-state index contributed by atoms with van der Waals surface area (Å²) in [4.78, 5) is 23.2. The van der Waals surface area contributed by atoms with E-state index in [0.717, 1.165) is 17.3 Å². The fraction of sp³-hybridized carbons (Fsp3) is 0.158. The lowest BCUT2D eigenvalue weighted by Gasteiger charge is -2.12. The molecule has 1 aromatic carbocycles. The number of pyridine rings is 1. The van der Waals surface area contributed by atoms with Crippen molar-refractivity contribution in [3.8, 4) is 11.6 Å². The van der Waals surface area contributed by atoms with Gasteiger partial charge in [0.15, 0.2) is 5.82 Å². The SMILES string of the molecule is COc1cccc2c(C)cc(-n3nc(C)cc3Nc3ncnc(N)c3[N+](=O)[O-])nc12. The first kappa shape index (κ1) is 19.1. The van der Waals surface area contributed by atoms with Crippen LogP contribution in [-0.4, -0.2) is 36.8 Å². The number of para-hydroxylation sites is 1. The van der Waals surface area contributed by atoms with Gasteiger partial charge in [0.05, 0.1) is 17.7 Å². The molecule has 0 radical (unpaired) electrons. The van der Waals surface area contributed by atoms with Crippen LogP contribution in [0.1, 0.15) is 11.3 Å². The molecule has 30 heavy (non-hydrogen) atoms. The number of fused-ring (bicyclic) bond motifs is 1. The van der Waals surface area contributed by atoms with E-state index in [0.29, 0.717) is 28.6 Å². The first-order chi connectivity index (χ1) is 14.4. The van der Waals surface area contributed by atoms with Gasteiger partial charge < -0.3 is 15.8 Å². The van der Waals surface area contributed by atoms with E-state index in [2.05, 4.69) is 20.4 Å². The van der Waals surface area contributed by atoms with E-state index in [1.165, 1.54) is 0 Å². The summed E-state index contributed by atoms with van der Waals surface area (Å²) in [5.41, 5.74) is 7.60. The highest BCUT2D eigenvalue weighted by atomic mass is 16.6. The van der Waals surface area contributed by atoms with Crippen LogP contribution in [0.5, 0.6) is 5.75 Å². The van der Waals surface area contributed by atoms with E-state index in [1.54, 1.807) is 24.8 Å². The number of methoxy groups -OCH3 is 1. The molecule has 11 nitrogen and oxygen atoms in total. The molecule has 11 heteroatoms. The fourth-order valence-electron chi connectivity index (χ4n) is 3.20. The maximum absolute atomic E-state index is 11.4. The van der Waals surface area contributed by atoms with E-state index in [-0.39, 0.29) is 11.6 Å². The Bertz CT molecular complexity index is 1280. The largest absolute Gasteiger partial charge is 0.494 e. The van der Waals surface area contributed by atoms with E-state index in [4.69, 9.17) is 15.5 Å². The number of rotatable bonds is 5. The van der Waals surface area contributed by atoms with Crippen LogP contribution in [0.15, 0.2) is 36.7 Å². The zero-order valence-corrected chi connectivity index (χ0v) is 16.4. The Kier molecular flexibility index (Phi) is 4.62. The summed E-state index contributed by atoms with van der Waals surface area (Å²) in [6.07, 6.45) is 1.15. The predicted molar refractivity (Wildman–Crippen MR) is 111 cm³/mol. The second kappa shape index (κ2) is 7.28. The number of hydrogen-bond acceptors (Lipinski definition) is 9. The highest BCUT2D eigenvalue weighted by Gasteiger charge is 2.23. The Morgan fingerprint density at radius 3 is 2.77 bits per heavy atom. The summed E-state index contributed by atoms with van der Waals surface area (Å²) in [5, 5.41) is 19.8. The second-order valence-electron chi connectivity index (χ2n) is 6.57. The van der Waals surface area contributed by atoms with Crippen molar-refractivity contribution >= 4 is 34.0 Å². The molecule has 0 aliphatic heterocycles. The van der Waals surface area contributed by atoms with Gasteiger partial charge in [-0.3, -0.25) is 10.1 Å². The summed E-state index contributed by atoms with van der Waals surface area (Å²) < 4.78 is 7.00. The van der Waals surface area contributed by atoms with Crippen molar-refractivity contribution in [2.45, 2.75) is 13.8 Å². The van der Waals surface area contributed by atoms with Crippen molar-refractivity contribution in [2.75, 3.05) is 18.2 Å². The third-order valence-electron chi connectivity index (χ3n) is 4.54. The number of ether oxygens (including phenoxy) is 1. The van der Waals surface area contributed by atoms with Gasteiger partial charge in [0, 0.05) is 11.5 Å². The lowest BCUT2D eigenvalue weighted by atomic mass is 10.1. The van der Waals surface area contributed by atoms with Gasteiger partial charge in [0.1, 0.15) is 23.4 Å². The van der Waals surface area contributed by atoms with Crippen molar-refractivity contribution in [1.82, 2.24) is 24.7 Å². The minimum atomic E-state index is -0.630. The van der Waals surface area contributed by atoms with E-state index in [9.17, 15) is 10.1 Å².